The van der Waals surface area contributed by atoms with Gasteiger partial charge in [-0.25, -0.2) is 0 Å². The molecule has 4 bridgehead atoms. The third kappa shape index (κ3) is 10.4. The number of fused-ring (bicyclic) bond motifs is 5. The molecule has 0 saturated carbocycles. The number of ether oxygens (including phenoxy) is 1. The highest BCUT2D eigenvalue weighted by Gasteiger charge is 2.32. The number of ketones is 3. The van der Waals surface area contributed by atoms with Crippen molar-refractivity contribution in [2.24, 2.45) is 5.92 Å². The topological polar surface area (TPSA) is 119 Å². The zero-order valence-corrected chi connectivity index (χ0v) is 28.4. The zero-order valence-electron chi connectivity index (χ0n) is 28.4. The van der Waals surface area contributed by atoms with E-state index in [4.69, 9.17) is 4.74 Å². The normalized spacial score (nSPS) is 17.2. The second-order valence-electron chi connectivity index (χ2n) is 12.9. The number of carbonyl (C=O) groups is 5. The number of amides is 2. The molecular weight excluding hydrogens is 628 g/mol. The number of Topliss-reactive ketones (excluding diaryl/α,β-unsaturated/α-hetero) is 3. The number of benzene rings is 4. The number of carbonyl (C=O) groups excluding carboxylic acids is 5. The van der Waals surface area contributed by atoms with Gasteiger partial charge in [-0.05, 0) is 65.5 Å². The monoisotopic (exact) mass is 672 g/mol. The van der Waals surface area contributed by atoms with Gasteiger partial charge < -0.3 is 15.4 Å². The molecular formula is C42H44N2O6. The van der Waals surface area contributed by atoms with Crippen molar-refractivity contribution in [1.29, 1.82) is 0 Å². The Kier molecular flexibility index (Phi) is 13.0. The van der Waals surface area contributed by atoms with Gasteiger partial charge in [-0.3, -0.25) is 24.0 Å². The predicted molar refractivity (Wildman–Crippen MR) is 192 cm³/mol. The molecule has 0 radical (unpaired) electrons. The second kappa shape index (κ2) is 18.0. The molecule has 1 heterocycles. The van der Waals surface area contributed by atoms with Crippen molar-refractivity contribution in [3.05, 3.63) is 131 Å². The van der Waals surface area contributed by atoms with Gasteiger partial charge in [-0.15, -0.1) is 0 Å². The van der Waals surface area contributed by atoms with Crippen LogP contribution in [-0.2, 0) is 54.4 Å². The maximum absolute atomic E-state index is 14.2. The molecule has 2 amide bonds. The van der Waals surface area contributed by atoms with Gasteiger partial charge >= 0.3 is 0 Å². The Morgan fingerprint density at radius 2 is 1.36 bits per heavy atom. The molecule has 0 aromatic heterocycles. The molecule has 4 aromatic carbocycles. The van der Waals surface area contributed by atoms with E-state index in [0.717, 1.165) is 33.4 Å². The lowest BCUT2D eigenvalue weighted by molar-refractivity contribution is -0.140. The third-order valence-electron chi connectivity index (χ3n) is 9.14. The summed E-state index contributed by atoms with van der Waals surface area (Å²) in [6.45, 7) is -0.0823. The van der Waals surface area contributed by atoms with Crippen LogP contribution >= 0.6 is 0 Å². The molecule has 1 aliphatic heterocycles. The van der Waals surface area contributed by atoms with Crippen molar-refractivity contribution in [1.82, 2.24) is 10.6 Å². The van der Waals surface area contributed by atoms with Gasteiger partial charge in [0.15, 0.2) is 11.6 Å². The van der Waals surface area contributed by atoms with Crippen LogP contribution in [0.5, 0.6) is 0 Å². The predicted octanol–water partition coefficient (Wildman–Crippen LogP) is 5.44. The molecule has 0 unspecified atom stereocenters. The lowest BCUT2D eigenvalue weighted by Gasteiger charge is -2.24. The largest absolute Gasteiger partial charge is 0.382 e. The van der Waals surface area contributed by atoms with Gasteiger partial charge in [-0.2, -0.15) is 0 Å². The Hall–Kier alpha value is -5.21. The van der Waals surface area contributed by atoms with Crippen LogP contribution in [0.2, 0.25) is 0 Å². The number of hydrogen-bond acceptors (Lipinski definition) is 6. The SMILES string of the molecule is COC[C@@H]1NC(=O)CCc2cccc(c2)-c2cccc(c2)CC[C@@H](C(=O)C[C@@H](Cc2ccccc2)C(=O)C(=O)CCc2ccccc2)NC1=O. The summed E-state index contributed by atoms with van der Waals surface area (Å²) in [5, 5.41) is 5.64. The molecule has 0 spiro atoms. The van der Waals surface area contributed by atoms with Crippen molar-refractivity contribution in [3.63, 3.8) is 0 Å². The number of nitrogens with one attached hydrogen (secondary N) is 2. The fourth-order valence-corrected chi connectivity index (χ4v) is 6.38. The van der Waals surface area contributed by atoms with E-state index in [2.05, 4.69) is 22.8 Å². The first-order valence-electron chi connectivity index (χ1n) is 17.2. The zero-order chi connectivity index (χ0) is 35.3. The first-order chi connectivity index (χ1) is 24.3. The van der Waals surface area contributed by atoms with Gasteiger partial charge in [0.05, 0.1) is 12.6 Å². The van der Waals surface area contributed by atoms with Crippen LogP contribution in [0.4, 0.5) is 0 Å². The van der Waals surface area contributed by atoms with E-state index < -0.39 is 35.5 Å². The van der Waals surface area contributed by atoms with Crippen LogP contribution in [-0.4, -0.2) is 55.0 Å². The summed E-state index contributed by atoms with van der Waals surface area (Å²) in [7, 11) is 1.44. The summed E-state index contributed by atoms with van der Waals surface area (Å²) < 4.78 is 5.27. The van der Waals surface area contributed by atoms with E-state index >= 15 is 0 Å². The Labute approximate surface area is 293 Å². The number of rotatable bonds is 12. The smallest absolute Gasteiger partial charge is 0.245 e. The molecule has 8 nitrogen and oxygen atoms in total. The first-order valence-corrected chi connectivity index (χ1v) is 17.2. The molecule has 4 aromatic rings. The number of methoxy groups -OCH3 is 1. The van der Waals surface area contributed by atoms with Crippen LogP contribution in [0.3, 0.4) is 0 Å². The number of aryl methyl sites for hydroxylation is 3. The Bertz CT molecular complexity index is 1790. The van der Waals surface area contributed by atoms with E-state index in [1.807, 2.05) is 97.1 Å². The molecule has 0 fully saturated rings. The maximum Gasteiger partial charge on any atom is 0.245 e. The summed E-state index contributed by atoms with van der Waals surface area (Å²) in [6, 6.07) is 32.9. The van der Waals surface area contributed by atoms with Crippen molar-refractivity contribution >= 4 is 29.2 Å². The molecule has 3 atom stereocenters. The van der Waals surface area contributed by atoms with E-state index in [1.54, 1.807) is 0 Å². The van der Waals surface area contributed by atoms with Crippen molar-refractivity contribution < 1.29 is 28.7 Å². The minimum Gasteiger partial charge on any atom is -0.382 e. The summed E-state index contributed by atoms with van der Waals surface area (Å²) in [4.78, 5) is 67.7. The fraction of sp³-hybridized carbons (Fsp3) is 0.310. The highest BCUT2D eigenvalue weighted by atomic mass is 16.5. The Morgan fingerprint density at radius 3 is 2.00 bits per heavy atom. The Balaban J connectivity index is 1.40. The van der Waals surface area contributed by atoms with Gasteiger partial charge in [0, 0.05) is 32.3 Å². The van der Waals surface area contributed by atoms with E-state index in [-0.39, 0.29) is 50.4 Å². The van der Waals surface area contributed by atoms with Gasteiger partial charge in [0.2, 0.25) is 17.6 Å². The summed E-state index contributed by atoms with van der Waals surface area (Å²) in [6.07, 6.45) is 1.85. The number of hydrogen-bond donors (Lipinski definition) is 2. The highest BCUT2D eigenvalue weighted by molar-refractivity contribution is 6.38. The summed E-state index contributed by atoms with van der Waals surface area (Å²) >= 11 is 0. The molecule has 0 saturated heterocycles. The first kappa shape index (κ1) is 36.1. The summed E-state index contributed by atoms with van der Waals surface area (Å²) in [5.41, 5.74) is 5.81. The van der Waals surface area contributed by atoms with Crippen LogP contribution in [0, 0.1) is 5.92 Å². The highest BCUT2D eigenvalue weighted by Crippen LogP contribution is 2.24. The minimum absolute atomic E-state index is 0.0418. The van der Waals surface area contributed by atoms with E-state index in [0.29, 0.717) is 19.3 Å². The van der Waals surface area contributed by atoms with Crippen LogP contribution in [0.15, 0.2) is 109 Å². The van der Waals surface area contributed by atoms with Gasteiger partial charge in [0.1, 0.15) is 6.04 Å². The van der Waals surface area contributed by atoms with Crippen molar-refractivity contribution in [2.75, 3.05) is 13.7 Å². The van der Waals surface area contributed by atoms with Gasteiger partial charge in [0.25, 0.3) is 0 Å². The van der Waals surface area contributed by atoms with Crippen molar-refractivity contribution in [2.45, 2.75) is 63.5 Å². The maximum atomic E-state index is 14.2. The quantitative estimate of drug-likeness (QED) is 0.194. The molecule has 0 aliphatic carbocycles. The average molecular weight is 673 g/mol. The molecule has 1 aliphatic rings. The van der Waals surface area contributed by atoms with Crippen LogP contribution in [0.1, 0.15) is 47.9 Å². The third-order valence-corrected chi connectivity index (χ3v) is 9.14. The van der Waals surface area contributed by atoms with Crippen molar-refractivity contribution in [3.8, 4) is 11.1 Å². The molecule has 5 rings (SSSR count). The lowest BCUT2D eigenvalue weighted by atomic mass is 9.85. The molecule has 8 heteroatoms. The van der Waals surface area contributed by atoms with Gasteiger partial charge in [-0.1, -0.05) is 109 Å². The average Bonchev–Trinajstić information content (AvgIpc) is 3.14. The van der Waals surface area contributed by atoms with Crippen LogP contribution < -0.4 is 10.6 Å². The van der Waals surface area contributed by atoms with E-state index in [1.165, 1.54) is 7.11 Å². The standard InChI is InChI=1S/C42H44N2O6/c1-50-28-37-42(49)44-36(21-18-31-14-8-16-33(24-31)34-17-9-15-32(25-34)20-23-40(47)43-37)39(46)27-35(26-30-12-6-3-7-13-30)41(48)38(45)22-19-29-10-4-2-5-11-29/h2-17,24-25,35-37H,18-23,26-28H2,1H3,(H,43,47)(H,44,49)/t35-,36+,37+/m1/s1. The van der Waals surface area contributed by atoms with Crippen LogP contribution in [0.25, 0.3) is 11.1 Å². The summed E-state index contributed by atoms with van der Waals surface area (Å²) in [5.74, 6) is -3.21. The molecule has 50 heavy (non-hydrogen) atoms. The fourth-order valence-electron chi connectivity index (χ4n) is 6.38. The molecule has 2 N–H and O–H groups in total. The minimum atomic E-state index is -1.02. The second-order valence-corrected chi connectivity index (χ2v) is 12.9. The van der Waals surface area contributed by atoms with E-state index in [9.17, 15) is 24.0 Å². The lowest BCUT2D eigenvalue weighted by Crippen LogP contribution is -2.53. The Morgan fingerprint density at radius 1 is 0.740 bits per heavy atom. The molecule has 258 valence electrons.